The third kappa shape index (κ3) is 5.46. The second-order valence-electron chi connectivity index (χ2n) is 6.86. The summed E-state index contributed by atoms with van der Waals surface area (Å²) in [5.41, 5.74) is 0.179. The van der Waals surface area contributed by atoms with Gasteiger partial charge in [0.1, 0.15) is 5.82 Å². The van der Waals surface area contributed by atoms with Gasteiger partial charge in [0.25, 0.3) is 5.91 Å². The van der Waals surface area contributed by atoms with Gasteiger partial charge in [-0.3, -0.25) is 4.79 Å². The smallest absolute Gasteiger partial charge is 0.257 e. The highest BCUT2D eigenvalue weighted by atomic mass is 35.5. The van der Waals surface area contributed by atoms with Gasteiger partial charge in [0, 0.05) is 11.7 Å². The van der Waals surface area contributed by atoms with Gasteiger partial charge in [-0.25, -0.2) is 17.5 Å². The number of halogens is 3. The molecule has 0 bridgehead atoms. The lowest BCUT2D eigenvalue weighted by molar-refractivity contribution is 0.102. The first-order valence-electron chi connectivity index (χ1n) is 8.92. The number of anilines is 1. The third-order valence-electron chi connectivity index (χ3n) is 4.64. The van der Waals surface area contributed by atoms with Crippen LogP contribution in [0.3, 0.4) is 0 Å². The van der Waals surface area contributed by atoms with Crippen LogP contribution in [-0.2, 0) is 10.0 Å². The van der Waals surface area contributed by atoms with E-state index in [4.69, 9.17) is 23.2 Å². The molecule has 2 unspecified atom stereocenters. The molecule has 1 fully saturated rings. The van der Waals surface area contributed by atoms with Gasteiger partial charge in [0.15, 0.2) is 0 Å². The fourth-order valence-electron chi connectivity index (χ4n) is 3.18. The van der Waals surface area contributed by atoms with E-state index in [1.54, 1.807) is 0 Å². The van der Waals surface area contributed by atoms with E-state index < -0.39 is 27.9 Å². The van der Waals surface area contributed by atoms with Crippen molar-refractivity contribution < 1.29 is 22.7 Å². The van der Waals surface area contributed by atoms with Gasteiger partial charge < -0.3 is 10.4 Å². The van der Waals surface area contributed by atoms with Gasteiger partial charge in [-0.2, -0.15) is 0 Å². The number of amides is 1. The Hall–Kier alpha value is -1.71. The molecule has 10 heteroatoms. The predicted octanol–water partition coefficient (Wildman–Crippen LogP) is 3.97. The van der Waals surface area contributed by atoms with Crippen LogP contribution in [0.4, 0.5) is 10.1 Å². The number of aliphatic hydroxyl groups is 1. The molecule has 1 aliphatic rings. The predicted molar refractivity (Wildman–Crippen MR) is 109 cm³/mol. The van der Waals surface area contributed by atoms with Crippen LogP contribution in [0.2, 0.25) is 10.0 Å². The number of hydrogen-bond donors (Lipinski definition) is 3. The molecule has 0 saturated heterocycles. The Morgan fingerprint density at radius 2 is 1.86 bits per heavy atom. The maximum atomic E-state index is 13.3. The third-order valence-corrected chi connectivity index (χ3v) is 6.78. The number of sulfonamides is 1. The van der Waals surface area contributed by atoms with Crippen molar-refractivity contribution >= 4 is 44.8 Å². The standard InChI is InChI=1S/C19H19Cl2FN2O4S/c20-16-6-5-14(29(27,28)24-12-2-1-3-13(25)8-12)10-15(16)19(26)23-11-4-7-18(22)17(21)9-11/h4-7,9-10,12-13,24-25H,1-3,8H2,(H,23,26). The Bertz CT molecular complexity index is 1030. The van der Waals surface area contributed by atoms with E-state index in [0.717, 1.165) is 12.5 Å². The Morgan fingerprint density at radius 3 is 2.55 bits per heavy atom. The molecule has 1 amide bonds. The lowest BCUT2D eigenvalue weighted by Gasteiger charge is -2.26. The summed E-state index contributed by atoms with van der Waals surface area (Å²) in [6.07, 6.45) is 1.80. The van der Waals surface area contributed by atoms with E-state index in [0.29, 0.717) is 19.3 Å². The number of carbonyl (C=O) groups excluding carboxylic acids is 1. The molecule has 0 spiro atoms. The summed E-state index contributed by atoms with van der Waals surface area (Å²) in [4.78, 5) is 12.4. The summed E-state index contributed by atoms with van der Waals surface area (Å²) in [6, 6.07) is 7.07. The minimum absolute atomic E-state index is 0.0568. The van der Waals surface area contributed by atoms with Crippen molar-refractivity contribution in [2.45, 2.75) is 42.7 Å². The quantitative estimate of drug-likeness (QED) is 0.628. The van der Waals surface area contributed by atoms with Crippen molar-refractivity contribution in [1.29, 1.82) is 0 Å². The highest BCUT2D eigenvalue weighted by Gasteiger charge is 2.26. The minimum atomic E-state index is -3.91. The Labute approximate surface area is 178 Å². The first kappa shape index (κ1) is 22.0. The average molecular weight is 461 g/mol. The zero-order chi connectivity index (χ0) is 21.2. The van der Waals surface area contributed by atoms with Gasteiger partial charge in [-0.05, 0) is 62.1 Å². The van der Waals surface area contributed by atoms with Crippen molar-refractivity contribution in [2.75, 3.05) is 5.32 Å². The Morgan fingerprint density at radius 1 is 1.10 bits per heavy atom. The van der Waals surface area contributed by atoms with Crippen LogP contribution in [0.15, 0.2) is 41.3 Å². The van der Waals surface area contributed by atoms with Crippen LogP contribution in [0.5, 0.6) is 0 Å². The van der Waals surface area contributed by atoms with E-state index in [-0.39, 0.29) is 32.2 Å². The number of carbonyl (C=O) groups is 1. The molecular formula is C19H19Cl2FN2O4S. The normalized spacial score (nSPS) is 19.7. The molecule has 2 aromatic carbocycles. The lowest BCUT2D eigenvalue weighted by atomic mass is 9.94. The van der Waals surface area contributed by atoms with E-state index in [2.05, 4.69) is 10.0 Å². The molecule has 0 aliphatic heterocycles. The molecular weight excluding hydrogens is 442 g/mol. The fraction of sp³-hybridized carbons (Fsp3) is 0.316. The van der Waals surface area contributed by atoms with Crippen LogP contribution in [-0.4, -0.2) is 31.6 Å². The van der Waals surface area contributed by atoms with E-state index in [1.807, 2.05) is 0 Å². The van der Waals surface area contributed by atoms with Crippen LogP contribution < -0.4 is 10.0 Å². The molecule has 156 valence electrons. The number of rotatable bonds is 5. The maximum Gasteiger partial charge on any atom is 0.257 e. The second-order valence-corrected chi connectivity index (χ2v) is 9.39. The second kappa shape index (κ2) is 8.97. The molecule has 3 N–H and O–H groups in total. The largest absolute Gasteiger partial charge is 0.393 e. The van der Waals surface area contributed by atoms with Gasteiger partial charge in [-0.15, -0.1) is 0 Å². The fourth-order valence-corrected chi connectivity index (χ4v) is 4.87. The first-order chi connectivity index (χ1) is 13.7. The van der Waals surface area contributed by atoms with Gasteiger partial charge in [0.2, 0.25) is 10.0 Å². The molecule has 29 heavy (non-hydrogen) atoms. The number of hydrogen-bond acceptors (Lipinski definition) is 4. The zero-order valence-electron chi connectivity index (χ0n) is 15.2. The molecule has 1 aliphatic carbocycles. The van der Waals surface area contributed by atoms with Crippen LogP contribution in [0.25, 0.3) is 0 Å². The number of aliphatic hydroxyl groups excluding tert-OH is 1. The minimum Gasteiger partial charge on any atom is -0.393 e. The van der Waals surface area contributed by atoms with E-state index >= 15 is 0 Å². The number of nitrogens with one attached hydrogen (secondary N) is 2. The maximum absolute atomic E-state index is 13.3. The van der Waals surface area contributed by atoms with Crippen LogP contribution in [0, 0.1) is 5.82 Å². The van der Waals surface area contributed by atoms with Crippen molar-refractivity contribution in [3.05, 3.63) is 57.8 Å². The summed E-state index contributed by atoms with van der Waals surface area (Å²) >= 11 is 11.8. The van der Waals surface area contributed by atoms with Gasteiger partial charge in [0.05, 0.1) is 26.6 Å². The lowest BCUT2D eigenvalue weighted by Crippen LogP contribution is -2.39. The molecule has 6 nitrogen and oxygen atoms in total. The summed E-state index contributed by atoms with van der Waals surface area (Å²) < 4.78 is 41.3. The van der Waals surface area contributed by atoms with Crippen molar-refractivity contribution in [2.24, 2.45) is 0 Å². The molecule has 2 aromatic rings. The van der Waals surface area contributed by atoms with Gasteiger partial charge >= 0.3 is 0 Å². The van der Waals surface area contributed by atoms with Crippen LogP contribution in [0.1, 0.15) is 36.0 Å². The monoisotopic (exact) mass is 460 g/mol. The molecule has 1 saturated carbocycles. The zero-order valence-corrected chi connectivity index (χ0v) is 17.5. The van der Waals surface area contributed by atoms with Crippen molar-refractivity contribution in [3.8, 4) is 0 Å². The topological polar surface area (TPSA) is 95.5 Å². The first-order valence-corrected chi connectivity index (χ1v) is 11.2. The molecule has 0 heterocycles. The Kier molecular flexibility index (Phi) is 6.80. The number of benzene rings is 2. The molecule has 0 radical (unpaired) electrons. The molecule has 3 rings (SSSR count). The van der Waals surface area contributed by atoms with E-state index in [1.165, 1.54) is 30.3 Å². The highest BCUT2D eigenvalue weighted by Crippen LogP contribution is 2.25. The summed E-state index contributed by atoms with van der Waals surface area (Å²) in [6.45, 7) is 0. The highest BCUT2D eigenvalue weighted by molar-refractivity contribution is 7.89. The average Bonchev–Trinajstić information content (AvgIpc) is 2.64. The summed E-state index contributed by atoms with van der Waals surface area (Å²) in [5.74, 6) is -1.29. The SMILES string of the molecule is O=C(Nc1ccc(F)c(Cl)c1)c1cc(S(=O)(=O)NC2CCCC(O)C2)ccc1Cl. The van der Waals surface area contributed by atoms with Crippen LogP contribution >= 0.6 is 23.2 Å². The summed E-state index contributed by atoms with van der Waals surface area (Å²) in [5, 5.41) is 12.1. The van der Waals surface area contributed by atoms with E-state index in [9.17, 15) is 22.7 Å². The molecule has 2 atom stereocenters. The van der Waals surface area contributed by atoms with Gasteiger partial charge in [-0.1, -0.05) is 23.2 Å². The Balaban J connectivity index is 1.81. The molecule has 0 aromatic heterocycles. The van der Waals surface area contributed by atoms with Crippen molar-refractivity contribution in [3.63, 3.8) is 0 Å². The summed E-state index contributed by atoms with van der Waals surface area (Å²) in [7, 11) is -3.91. The van der Waals surface area contributed by atoms with Crippen molar-refractivity contribution in [1.82, 2.24) is 4.72 Å².